The molecule has 3 rings (SSSR count). The Morgan fingerprint density at radius 3 is 2.26 bits per heavy atom. The summed E-state index contributed by atoms with van der Waals surface area (Å²) in [6.07, 6.45) is -2.09. The maximum atomic E-state index is 13.5. The van der Waals surface area contributed by atoms with Crippen LogP contribution in [0.1, 0.15) is 59.4 Å². The molecule has 0 aliphatic carbocycles. The lowest BCUT2D eigenvalue weighted by atomic mass is 10.1. The molecule has 2 N–H and O–H groups in total. The average molecular weight is 540 g/mol. The number of rotatable bonds is 6. The number of ether oxygens (including phenoxy) is 1. The smallest absolute Gasteiger partial charge is 0.433 e. The Kier molecular flexibility index (Phi) is 8.57. The molecule has 2 aliphatic heterocycles. The number of nitrogens with one attached hydrogen (secondary N) is 2. The number of piperazine rings is 1. The summed E-state index contributed by atoms with van der Waals surface area (Å²) in [5, 5.41) is 10.5. The van der Waals surface area contributed by atoms with Gasteiger partial charge < -0.3 is 30.2 Å². The number of aromatic nitrogens is 2. The van der Waals surface area contributed by atoms with Crippen molar-refractivity contribution in [3.63, 3.8) is 0 Å². The van der Waals surface area contributed by atoms with E-state index in [1.54, 1.807) is 35.5 Å². The van der Waals surface area contributed by atoms with Gasteiger partial charge in [0.15, 0.2) is 5.69 Å². The molecule has 2 saturated heterocycles. The van der Waals surface area contributed by atoms with E-state index in [2.05, 4.69) is 15.3 Å². The standard InChI is InChI=1S/C25H36F3N7O3/c1-15-7-8-33(15)22-31-19(9-20(32-22)25(26,27)28)18(10-29)11-30-12-21(36)34-13-17(3)35(14-16(34)2)23(37)38-24(4,5)6/h9-11,15-17,29-30H,7-8,12-14H2,1-6H3/b18-11+,29-10?/t15-,16-,17+/m0/s1. The van der Waals surface area contributed by atoms with E-state index in [9.17, 15) is 22.8 Å². The van der Waals surface area contributed by atoms with E-state index in [-0.39, 0.29) is 47.8 Å². The van der Waals surface area contributed by atoms with Gasteiger partial charge in [0.05, 0.1) is 12.2 Å². The van der Waals surface area contributed by atoms with Gasteiger partial charge in [-0.15, -0.1) is 0 Å². The highest BCUT2D eigenvalue weighted by atomic mass is 19.4. The van der Waals surface area contributed by atoms with Crippen molar-refractivity contribution in [2.24, 2.45) is 0 Å². The van der Waals surface area contributed by atoms with Gasteiger partial charge in [-0.05, 0) is 54.0 Å². The first-order chi connectivity index (χ1) is 17.6. The van der Waals surface area contributed by atoms with E-state index in [1.807, 2.05) is 20.8 Å². The van der Waals surface area contributed by atoms with Crippen LogP contribution in [0.25, 0.3) is 5.57 Å². The summed E-state index contributed by atoms with van der Waals surface area (Å²) < 4.78 is 46.0. The maximum Gasteiger partial charge on any atom is 0.433 e. The molecule has 0 aromatic carbocycles. The van der Waals surface area contributed by atoms with Crippen LogP contribution in [0.4, 0.5) is 23.9 Å². The molecule has 2 aliphatic rings. The Labute approximate surface area is 220 Å². The molecule has 0 spiro atoms. The largest absolute Gasteiger partial charge is 0.444 e. The van der Waals surface area contributed by atoms with E-state index in [0.717, 1.165) is 18.7 Å². The first kappa shape index (κ1) is 29.2. The summed E-state index contributed by atoms with van der Waals surface area (Å²) in [5.41, 5.74) is -1.71. The molecule has 1 aromatic rings. The molecular formula is C25H36F3N7O3. The van der Waals surface area contributed by atoms with Crippen molar-refractivity contribution in [2.75, 3.05) is 31.1 Å². The molecule has 210 valence electrons. The molecule has 2 amide bonds. The van der Waals surface area contributed by atoms with Crippen molar-refractivity contribution in [3.05, 3.63) is 23.7 Å². The van der Waals surface area contributed by atoms with Crippen LogP contribution in [0.5, 0.6) is 0 Å². The third kappa shape index (κ3) is 6.93. The summed E-state index contributed by atoms with van der Waals surface area (Å²) >= 11 is 0. The number of carbonyl (C=O) groups is 2. The average Bonchev–Trinajstić information content (AvgIpc) is 2.80. The monoisotopic (exact) mass is 539 g/mol. The normalized spacial score (nSPS) is 22.6. The topological polar surface area (TPSA) is 115 Å². The Hall–Kier alpha value is -3.38. The van der Waals surface area contributed by atoms with Gasteiger partial charge in [0.1, 0.15) is 5.60 Å². The van der Waals surface area contributed by atoms with Crippen LogP contribution in [0.2, 0.25) is 0 Å². The Morgan fingerprint density at radius 2 is 1.74 bits per heavy atom. The summed E-state index contributed by atoms with van der Waals surface area (Å²) in [6, 6.07) is 0.293. The van der Waals surface area contributed by atoms with E-state index in [4.69, 9.17) is 10.1 Å². The second-order valence-corrected chi connectivity index (χ2v) is 10.8. The molecule has 38 heavy (non-hydrogen) atoms. The first-order valence-electron chi connectivity index (χ1n) is 12.6. The number of hydrogen-bond acceptors (Lipinski definition) is 8. The predicted octanol–water partition coefficient (Wildman–Crippen LogP) is 3.53. The maximum absolute atomic E-state index is 13.5. The minimum absolute atomic E-state index is 0.0228. The summed E-state index contributed by atoms with van der Waals surface area (Å²) in [5.74, 6) is -0.286. The second-order valence-electron chi connectivity index (χ2n) is 10.8. The molecular weight excluding hydrogens is 503 g/mol. The van der Waals surface area contributed by atoms with Gasteiger partial charge in [0.2, 0.25) is 11.9 Å². The van der Waals surface area contributed by atoms with Crippen molar-refractivity contribution in [3.8, 4) is 0 Å². The fourth-order valence-corrected chi connectivity index (χ4v) is 4.26. The zero-order chi connectivity index (χ0) is 28.4. The third-order valence-electron chi connectivity index (χ3n) is 6.48. The van der Waals surface area contributed by atoms with Crippen LogP contribution in [0.15, 0.2) is 12.3 Å². The van der Waals surface area contributed by atoms with Crippen LogP contribution in [-0.2, 0) is 15.7 Å². The van der Waals surface area contributed by atoms with Crippen LogP contribution >= 0.6 is 0 Å². The molecule has 1 aromatic heterocycles. The van der Waals surface area contributed by atoms with Crippen molar-refractivity contribution in [2.45, 2.75) is 77.9 Å². The predicted molar refractivity (Wildman–Crippen MR) is 137 cm³/mol. The van der Waals surface area contributed by atoms with Gasteiger partial charge in [-0.25, -0.2) is 14.8 Å². The van der Waals surface area contributed by atoms with Gasteiger partial charge in [-0.1, -0.05) is 0 Å². The molecule has 2 fully saturated rings. The molecule has 3 atom stereocenters. The second kappa shape index (κ2) is 11.2. The minimum Gasteiger partial charge on any atom is -0.444 e. The quantitative estimate of drug-likeness (QED) is 0.532. The van der Waals surface area contributed by atoms with Crippen molar-refractivity contribution < 1.29 is 27.5 Å². The van der Waals surface area contributed by atoms with Gasteiger partial charge in [-0.2, -0.15) is 13.2 Å². The minimum atomic E-state index is -4.68. The van der Waals surface area contributed by atoms with E-state index in [0.29, 0.717) is 19.6 Å². The number of halogens is 3. The highest BCUT2D eigenvalue weighted by Gasteiger charge is 2.37. The third-order valence-corrected chi connectivity index (χ3v) is 6.48. The Morgan fingerprint density at radius 1 is 1.11 bits per heavy atom. The summed E-state index contributed by atoms with van der Waals surface area (Å²) in [7, 11) is 0. The van der Waals surface area contributed by atoms with Gasteiger partial charge in [0.25, 0.3) is 0 Å². The van der Waals surface area contributed by atoms with Crippen molar-refractivity contribution in [1.82, 2.24) is 25.1 Å². The number of allylic oxidation sites excluding steroid dienone is 1. The number of hydrogen-bond donors (Lipinski definition) is 2. The fraction of sp³-hybridized carbons (Fsp3) is 0.640. The highest BCUT2D eigenvalue weighted by Crippen LogP contribution is 2.32. The lowest BCUT2D eigenvalue weighted by Gasteiger charge is -2.44. The molecule has 0 radical (unpaired) electrons. The fourth-order valence-electron chi connectivity index (χ4n) is 4.26. The number of alkyl halides is 3. The summed E-state index contributed by atoms with van der Waals surface area (Å²) in [6.45, 7) is 11.9. The number of nitrogens with zero attached hydrogens (tertiary/aromatic N) is 5. The Balaban J connectivity index is 1.69. The number of amides is 2. The first-order valence-corrected chi connectivity index (χ1v) is 12.6. The molecule has 0 saturated carbocycles. The zero-order valence-corrected chi connectivity index (χ0v) is 22.6. The number of carbonyl (C=O) groups excluding carboxylic acids is 2. The van der Waals surface area contributed by atoms with Gasteiger partial charge in [-0.3, -0.25) is 4.79 Å². The van der Waals surface area contributed by atoms with E-state index < -0.39 is 23.6 Å². The van der Waals surface area contributed by atoms with E-state index >= 15 is 0 Å². The molecule has 13 heteroatoms. The van der Waals surface area contributed by atoms with Crippen molar-refractivity contribution in [1.29, 1.82) is 5.41 Å². The highest BCUT2D eigenvalue weighted by molar-refractivity contribution is 6.07. The van der Waals surface area contributed by atoms with Crippen LogP contribution < -0.4 is 10.2 Å². The van der Waals surface area contributed by atoms with Crippen LogP contribution in [-0.4, -0.2) is 87.9 Å². The summed E-state index contributed by atoms with van der Waals surface area (Å²) in [4.78, 5) is 38.3. The van der Waals surface area contributed by atoms with Crippen LogP contribution in [0, 0.1) is 5.41 Å². The molecule has 3 heterocycles. The molecule has 10 nitrogen and oxygen atoms in total. The molecule has 0 bridgehead atoms. The zero-order valence-electron chi connectivity index (χ0n) is 22.6. The Bertz CT molecular complexity index is 1090. The lowest BCUT2D eigenvalue weighted by molar-refractivity contribution is -0.141. The lowest BCUT2D eigenvalue weighted by Crippen LogP contribution is -2.61. The van der Waals surface area contributed by atoms with Crippen molar-refractivity contribution >= 4 is 29.7 Å². The SMILES string of the molecule is C[C@@H]1CN(C(=O)CN/C=C(\C=N)c2cc(C(F)(F)F)nc(N3CC[C@@H]3C)n2)[C@@H](C)CN1C(=O)OC(C)(C)C. The molecule has 0 unspecified atom stereocenters. The van der Waals surface area contributed by atoms with Crippen LogP contribution in [0.3, 0.4) is 0 Å². The van der Waals surface area contributed by atoms with Gasteiger partial charge in [0, 0.05) is 55.7 Å². The van der Waals surface area contributed by atoms with E-state index in [1.165, 1.54) is 6.20 Å². The number of anilines is 1. The van der Waals surface area contributed by atoms with Gasteiger partial charge >= 0.3 is 12.3 Å².